The third-order valence-electron chi connectivity index (χ3n) is 11.4. The normalized spacial score (nSPS) is 11.6. The summed E-state index contributed by atoms with van der Waals surface area (Å²) in [5, 5.41) is 12.9. The Hall–Kier alpha value is -4.02. The fraction of sp³-hybridized carbons (Fsp3) is 0.308. The Morgan fingerprint density at radius 1 is 0.255 bits per heavy atom. The van der Waals surface area contributed by atoms with Gasteiger partial charge in [0, 0.05) is 22.0 Å². The predicted molar refractivity (Wildman–Crippen MR) is 249 cm³/mol. The number of hydrogen-bond donors (Lipinski definition) is 1. The second-order valence-electron chi connectivity index (χ2n) is 16.7. The minimum atomic E-state index is -0.911. The van der Waals surface area contributed by atoms with Gasteiger partial charge in [0.05, 0.1) is 0 Å². The average molecular weight is 762 g/mol. The zero-order valence-corrected chi connectivity index (χ0v) is 38.1. The highest BCUT2D eigenvalue weighted by atomic mass is 31.1. The van der Waals surface area contributed by atoms with E-state index in [1.165, 1.54) is 132 Å². The third-order valence-corrected chi connectivity index (χ3v) is 17.7. The van der Waals surface area contributed by atoms with Gasteiger partial charge < -0.3 is 5.32 Å². The molecule has 0 saturated heterocycles. The molecule has 0 amide bonds. The van der Waals surface area contributed by atoms with Crippen LogP contribution in [0.1, 0.15) is 89.0 Å². The van der Waals surface area contributed by atoms with E-state index in [-0.39, 0.29) is 0 Å². The molecule has 6 rings (SSSR count). The quantitative estimate of drug-likeness (QED) is 0.152. The van der Waals surface area contributed by atoms with Gasteiger partial charge in [0.15, 0.2) is 0 Å². The van der Waals surface area contributed by atoms with Gasteiger partial charge in [-0.05, 0) is 239 Å². The molecule has 0 saturated carbocycles. The largest absolute Gasteiger partial charge is 0.354 e. The van der Waals surface area contributed by atoms with Gasteiger partial charge in [-0.2, -0.15) is 0 Å². The van der Waals surface area contributed by atoms with Crippen LogP contribution >= 0.6 is 15.8 Å². The maximum atomic E-state index is 4.25. The number of aryl methyl sites for hydroxylation is 16. The van der Waals surface area contributed by atoms with Crippen molar-refractivity contribution >= 4 is 59.0 Å². The molecule has 0 atom stereocenters. The van der Waals surface area contributed by atoms with Crippen LogP contribution in [-0.2, 0) is 0 Å². The van der Waals surface area contributed by atoms with Crippen molar-refractivity contribution in [1.82, 2.24) is 0 Å². The van der Waals surface area contributed by atoms with E-state index in [1.54, 1.807) is 0 Å². The molecule has 0 aliphatic carbocycles. The van der Waals surface area contributed by atoms with Crippen molar-refractivity contribution in [2.75, 3.05) is 5.32 Å². The lowest BCUT2D eigenvalue weighted by atomic mass is 10.1. The summed E-state index contributed by atoms with van der Waals surface area (Å²) >= 11 is 0. The molecule has 0 unspecified atom stereocenters. The van der Waals surface area contributed by atoms with E-state index in [2.05, 4.69) is 189 Å². The summed E-state index contributed by atoms with van der Waals surface area (Å²) in [6.45, 7) is 36.6. The van der Waals surface area contributed by atoms with E-state index in [1.807, 2.05) is 0 Å². The van der Waals surface area contributed by atoms with Crippen molar-refractivity contribution in [2.24, 2.45) is 0 Å². The molecule has 6 aromatic carbocycles. The van der Waals surface area contributed by atoms with Crippen LogP contribution < -0.4 is 37.1 Å². The van der Waals surface area contributed by atoms with E-state index < -0.39 is 15.8 Å². The first-order chi connectivity index (χ1) is 25.9. The Balaban J connectivity index is 1.69. The molecule has 0 fully saturated rings. The zero-order valence-electron chi connectivity index (χ0n) is 36.3. The molecule has 0 aromatic heterocycles. The molecule has 0 aliphatic heterocycles. The lowest BCUT2D eigenvalue weighted by Crippen LogP contribution is -2.31. The van der Waals surface area contributed by atoms with Crippen molar-refractivity contribution in [1.29, 1.82) is 0 Å². The number of benzene rings is 6. The van der Waals surface area contributed by atoms with Crippen LogP contribution in [-0.4, -0.2) is 0 Å². The molecular weight excluding hydrogens is 701 g/mol. The fourth-order valence-corrected chi connectivity index (χ4v) is 15.2. The molecule has 3 heteroatoms. The van der Waals surface area contributed by atoms with Crippen molar-refractivity contribution in [3.05, 3.63) is 162 Å². The Bertz CT molecular complexity index is 2100. The van der Waals surface area contributed by atoms with E-state index in [9.17, 15) is 0 Å². The first-order valence-electron chi connectivity index (χ1n) is 19.8. The van der Waals surface area contributed by atoms with E-state index in [0.717, 1.165) is 0 Å². The molecule has 1 N–H and O–H groups in total. The van der Waals surface area contributed by atoms with Crippen LogP contribution in [0.5, 0.6) is 0 Å². The van der Waals surface area contributed by atoms with Gasteiger partial charge in [-0.1, -0.05) is 70.8 Å². The summed E-state index contributed by atoms with van der Waals surface area (Å²) in [7, 11) is -1.82. The first-order valence-corrected chi connectivity index (χ1v) is 22.5. The van der Waals surface area contributed by atoms with Crippen molar-refractivity contribution in [3.63, 3.8) is 0 Å². The zero-order chi connectivity index (χ0) is 40.2. The topological polar surface area (TPSA) is 12.0 Å². The van der Waals surface area contributed by atoms with Crippen LogP contribution in [0.2, 0.25) is 0 Å². The van der Waals surface area contributed by atoms with Crippen LogP contribution in [0.3, 0.4) is 0 Å². The Morgan fingerprint density at radius 3 is 0.673 bits per heavy atom. The SMILES string of the molecule is Cc1cc(C)c(P(c2cc(C)c(C)cc2Nc2cc(C)c(C)cc2P(c2c(C)cc(C)cc2C)c2c(C)cc(C)cc2C)c2c(C)cc(C)cc2C)c(C)c1. The molecule has 0 heterocycles. The van der Waals surface area contributed by atoms with Gasteiger partial charge >= 0.3 is 0 Å². The Morgan fingerprint density at radius 2 is 0.455 bits per heavy atom. The third kappa shape index (κ3) is 7.99. The lowest BCUT2D eigenvalue weighted by molar-refractivity contribution is 1.33. The summed E-state index contributed by atoms with van der Waals surface area (Å²) < 4.78 is 0. The van der Waals surface area contributed by atoms with Crippen LogP contribution in [0.25, 0.3) is 0 Å². The summed E-state index contributed by atoms with van der Waals surface area (Å²) in [5.74, 6) is 0. The number of rotatable bonds is 8. The van der Waals surface area contributed by atoms with E-state index in [4.69, 9.17) is 0 Å². The van der Waals surface area contributed by atoms with Gasteiger partial charge in [0.1, 0.15) is 0 Å². The van der Waals surface area contributed by atoms with Crippen molar-refractivity contribution in [3.8, 4) is 0 Å². The smallest absolute Gasteiger partial charge is 0.0472 e. The highest BCUT2D eigenvalue weighted by molar-refractivity contribution is 7.81. The van der Waals surface area contributed by atoms with Crippen molar-refractivity contribution < 1.29 is 0 Å². The monoisotopic (exact) mass is 761 g/mol. The molecule has 6 aromatic rings. The summed E-state index contributed by atoms with van der Waals surface area (Å²) in [4.78, 5) is 0. The number of nitrogens with one attached hydrogen (secondary N) is 1. The molecule has 55 heavy (non-hydrogen) atoms. The summed E-state index contributed by atoms with van der Waals surface area (Å²) in [6, 6.07) is 29.0. The minimum Gasteiger partial charge on any atom is -0.354 e. The summed E-state index contributed by atoms with van der Waals surface area (Å²) in [6.07, 6.45) is 0. The average Bonchev–Trinajstić information content (AvgIpc) is 3.05. The van der Waals surface area contributed by atoms with Crippen LogP contribution in [0, 0.1) is 111 Å². The lowest BCUT2D eigenvalue weighted by Gasteiger charge is -2.32. The Kier molecular flexibility index (Phi) is 11.7. The molecular formula is C52H61NP2. The minimum absolute atomic E-state index is 0.911. The van der Waals surface area contributed by atoms with Gasteiger partial charge in [0.25, 0.3) is 0 Å². The fourth-order valence-electron chi connectivity index (χ4n) is 9.12. The van der Waals surface area contributed by atoms with E-state index in [0.29, 0.717) is 0 Å². The molecule has 1 nitrogen and oxygen atoms in total. The number of anilines is 2. The maximum absolute atomic E-state index is 4.25. The maximum Gasteiger partial charge on any atom is 0.0472 e. The standard InChI is InChI=1S/C52H61NP2/c1-29-17-37(9)49(38(10)18-29)54(50-39(11)19-30(2)20-40(50)12)47-27-35(7)33(5)25-45(47)53-46-26-34(6)36(8)28-48(46)55(51-41(13)21-31(3)22-42(51)14)52-43(15)23-32(4)24-44(52)16/h17-28,53H,1-16H3. The molecule has 0 bridgehead atoms. The van der Waals surface area contributed by atoms with Gasteiger partial charge in [-0.15, -0.1) is 0 Å². The first kappa shape index (κ1) is 40.6. The molecule has 0 radical (unpaired) electrons. The van der Waals surface area contributed by atoms with Gasteiger partial charge in [-0.25, -0.2) is 0 Å². The van der Waals surface area contributed by atoms with E-state index >= 15 is 0 Å². The second kappa shape index (κ2) is 15.8. The highest BCUT2D eigenvalue weighted by Crippen LogP contribution is 2.45. The van der Waals surface area contributed by atoms with Crippen LogP contribution in [0.15, 0.2) is 72.8 Å². The Labute approximate surface area is 335 Å². The van der Waals surface area contributed by atoms with Gasteiger partial charge in [-0.3, -0.25) is 0 Å². The molecule has 0 spiro atoms. The predicted octanol–water partition coefficient (Wildman–Crippen LogP) is 11.9. The second-order valence-corrected chi connectivity index (χ2v) is 20.8. The van der Waals surface area contributed by atoms with Crippen LogP contribution in [0.4, 0.5) is 11.4 Å². The van der Waals surface area contributed by atoms with Gasteiger partial charge in [0.2, 0.25) is 0 Å². The molecule has 284 valence electrons. The highest BCUT2D eigenvalue weighted by Gasteiger charge is 2.30. The van der Waals surface area contributed by atoms with Crippen molar-refractivity contribution in [2.45, 2.75) is 111 Å². The number of hydrogen-bond acceptors (Lipinski definition) is 1. The molecule has 0 aliphatic rings. The summed E-state index contributed by atoms with van der Waals surface area (Å²) in [5.41, 5.74) is 24.0.